The smallest absolute Gasteiger partial charge is 0.290 e. The van der Waals surface area contributed by atoms with Crippen LogP contribution in [0.1, 0.15) is 16.8 Å². The maximum absolute atomic E-state index is 13.0. The van der Waals surface area contributed by atoms with Crippen molar-refractivity contribution in [3.8, 4) is 0 Å². The number of nitrogens with one attached hydrogen (secondary N) is 1. The number of pyridine rings is 1. The van der Waals surface area contributed by atoms with Gasteiger partial charge in [0.05, 0.1) is 5.56 Å². The molecule has 0 bridgehead atoms. The summed E-state index contributed by atoms with van der Waals surface area (Å²) in [4.78, 5) is 32.3. The Labute approximate surface area is 176 Å². The number of alkyl halides is 2. The number of thioether (sulfide) groups is 1. The zero-order valence-electron chi connectivity index (χ0n) is 16.1. The Hall–Kier alpha value is -2.75. The van der Waals surface area contributed by atoms with E-state index in [2.05, 4.69) is 15.2 Å². The van der Waals surface area contributed by atoms with E-state index >= 15 is 0 Å². The first-order valence-corrected chi connectivity index (χ1v) is 10.3. The molecule has 0 radical (unpaired) electrons. The molecule has 0 aliphatic carbocycles. The predicted octanol–water partition coefficient (Wildman–Crippen LogP) is 3.00. The molecule has 1 aromatic carbocycles. The lowest BCUT2D eigenvalue weighted by Gasteiger charge is -2.36. The average molecular weight is 438 g/mol. The number of nitrogens with zero attached hydrogens (tertiary/aromatic N) is 3. The molecule has 1 N–H and O–H groups in total. The van der Waals surface area contributed by atoms with Crippen LogP contribution in [0, 0.1) is 5.82 Å². The van der Waals surface area contributed by atoms with E-state index in [4.69, 9.17) is 0 Å². The van der Waals surface area contributed by atoms with Crippen molar-refractivity contribution in [1.29, 1.82) is 0 Å². The first-order valence-electron chi connectivity index (χ1n) is 9.40. The van der Waals surface area contributed by atoms with Gasteiger partial charge in [-0.2, -0.15) is 8.78 Å². The Morgan fingerprint density at radius 3 is 2.47 bits per heavy atom. The van der Waals surface area contributed by atoms with Crippen LogP contribution in [0.15, 0.2) is 47.6 Å². The highest BCUT2D eigenvalue weighted by Crippen LogP contribution is 2.26. The van der Waals surface area contributed by atoms with Crippen LogP contribution in [-0.2, 0) is 4.79 Å². The molecule has 0 unspecified atom stereocenters. The second-order valence-corrected chi connectivity index (χ2v) is 7.56. The number of anilines is 1. The fourth-order valence-corrected chi connectivity index (χ4v) is 3.72. The van der Waals surface area contributed by atoms with E-state index < -0.39 is 11.7 Å². The number of piperazine rings is 1. The fourth-order valence-electron chi connectivity index (χ4n) is 3.14. The monoisotopic (exact) mass is 438 g/mol. The van der Waals surface area contributed by atoms with Crippen LogP contribution in [0.25, 0.3) is 0 Å². The number of amides is 2. The van der Waals surface area contributed by atoms with Crippen molar-refractivity contribution in [2.75, 3.05) is 37.6 Å². The van der Waals surface area contributed by atoms with Gasteiger partial charge in [0.15, 0.2) is 0 Å². The highest BCUT2D eigenvalue weighted by molar-refractivity contribution is 7.99. The molecule has 10 heteroatoms. The zero-order valence-corrected chi connectivity index (χ0v) is 16.9. The van der Waals surface area contributed by atoms with Gasteiger partial charge in [-0.15, -0.1) is 0 Å². The van der Waals surface area contributed by atoms with Crippen LogP contribution in [0.4, 0.5) is 18.9 Å². The normalized spacial score (nSPS) is 14.1. The molecule has 1 fully saturated rings. The van der Waals surface area contributed by atoms with E-state index in [0.717, 1.165) is 5.69 Å². The number of carbonyl (C=O) groups is 2. The van der Waals surface area contributed by atoms with Crippen LogP contribution in [0.5, 0.6) is 0 Å². The lowest BCUT2D eigenvalue weighted by molar-refractivity contribution is -0.131. The first-order chi connectivity index (χ1) is 14.4. The summed E-state index contributed by atoms with van der Waals surface area (Å²) in [7, 11) is 0. The van der Waals surface area contributed by atoms with Gasteiger partial charge in [-0.1, -0.05) is 0 Å². The van der Waals surface area contributed by atoms with Gasteiger partial charge in [0.2, 0.25) is 5.91 Å². The van der Waals surface area contributed by atoms with Gasteiger partial charge in [-0.25, -0.2) is 9.37 Å². The minimum absolute atomic E-state index is 0.0479. The van der Waals surface area contributed by atoms with E-state index in [1.54, 1.807) is 17.0 Å². The highest BCUT2D eigenvalue weighted by Gasteiger charge is 2.22. The van der Waals surface area contributed by atoms with Gasteiger partial charge in [-0.05, 0) is 48.2 Å². The lowest BCUT2D eigenvalue weighted by atomic mass is 10.2. The third-order valence-electron chi connectivity index (χ3n) is 4.67. The van der Waals surface area contributed by atoms with Crippen LogP contribution < -0.4 is 10.2 Å². The molecule has 2 heterocycles. The van der Waals surface area contributed by atoms with Crippen molar-refractivity contribution in [2.45, 2.75) is 17.2 Å². The minimum atomic E-state index is -2.68. The summed E-state index contributed by atoms with van der Waals surface area (Å²) >= 11 is 0.209. The largest absolute Gasteiger partial charge is 0.368 e. The van der Waals surface area contributed by atoms with Crippen molar-refractivity contribution in [3.05, 3.63) is 54.0 Å². The van der Waals surface area contributed by atoms with Gasteiger partial charge in [0, 0.05) is 51.0 Å². The predicted molar refractivity (Wildman–Crippen MR) is 108 cm³/mol. The maximum atomic E-state index is 13.0. The first kappa shape index (κ1) is 21.9. The molecule has 160 valence electrons. The molecular weight excluding hydrogens is 417 g/mol. The summed E-state index contributed by atoms with van der Waals surface area (Å²) in [5.41, 5.74) is 0.966. The molecule has 2 aromatic rings. The SMILES string of the molecule is O=C(NCCC(=O)N1CCN(c2ccc(F)cc2)CC1)c1cccnc1SC(F)F. The van der Waals surface area contributed by atoms with Crippen LogP contribution >= 0.6 is 11.8 Å². The van der Waals surface area contributed by atoms with Crippen LogP contribution in [0.2, 0.25) is 0 Å². The number of hydrogen-bond donors (Lipinski definition) is 1. The molecule has 30 heavy (non-hydrogen) atoms. The second-order valence-electron chi connectivity index (χ2n) is 6.58. The summed E-state index contributed by atoms with van der Waals surface area (Å²) < 4.78 is 38.2. The number of rotatable bonds is 7. The Kier molecular flexibility index (Phi) is 7.56. The summed E-state index contributed by atoms with van der Waals surface area (Å²) in [6.45, 7) is 2.43. The van der Waals surface area contributed by atoms with Gasteiger partial charge >= 0.3 is 0 Å². The summed E-state index contributed by atoms with van der Waals surface area (Å²) in [6, 6.07) is 9.15. The molecular formula is C20H21F3N4O2S. The summed E-state index contributed by atoms with van der Waals surface area (Å²) in [6.07, 6.45) is 1.45. The third kappa shape index (κ3) is 5.88. The van der Waals surface area contributed by atoms with Crippen LogP contribution in [0.3, 0.4) is 0 Å². The summed E-state index contributed by atoms with van der Waals surface area (Å²) in [5.74, 6) is -3.61. The standard InChI is InChI=1S/C20H21F3N4O2S/c21-14-3-5-15(6-4-14)26-10-12-27(13-11-26)17(28)7-9-24-18(29)16-2-1-8-25-19(16)30-20(22)23/h1-6,8,20H,7,9-13H2,(H,24,29). The fraction of sp³-hybridized carbons (Fsp3) is 0.350. The number of benzene rings is 1. The molecule has 1 saturated heterocycles. The van der Waals surface area contributed by atoms with Crippen molar-refractivity contribution < 1.29 is 22.8 Å². The second kappa shape index (κ2) is 10.3. The topological polar surface area (TPSA) is 65.5 Å². The van der Waals surface area contributed by atoms with Gasteiger partial charge < -0.3 is 15.1 Å². The van der Waals surface area contributed by atoms with Crippen molar-refractivity contribution in [3.63, 3.8) is 0 Å². The zero-order chi connectivity index (χ0) is 21.5. The van der Waals surface area contributed by atoms with Gasteiger partial charge in [0.25, 0.3) is 11.7 Å². The lowest BCUT2D eigenvalue weighted by Crippen LogP contribution is -2.49. The number of halogens is 3. The van der Waals surface area contributed by atoms with Crippen molar-refractivity contribution in [1.82, 2.24) is 15.2 Å². The summed E-state index contributed by atoms with van der Waals surface area (Å²) in [5, 5.41) is 2.54. The third-order valence-corrected chi connectivity index (χ3v) is 5.39. The Bertz CT molecular complexity index is 875. The van der Waals surface area contributed by atoms with E-state index in [-0.39, 0.29) is 47.0 Å². The molecule has 6 nitrogen and oxygen atoms in total. The highest BCUT2D eigenvalue weighted by atomic mass is 32.2. The van der Waals surface area contributed by atoms with E-state index in [1.807, 2.05) is 0 Å². The number of aromatic nitrogens is 1. The average Bonchev–Trinajstić information content (AvgIpc) is 2.74. The Morgan fingerprint density at radius 2 is 1.80 bits per heavy atom. The van der Waals surface area contributed by atoms with E-state index in [9.17, 15) is 22.8 Å². The molecule has 3 rings (SSSR count). The van der Waals surface area contributed by atoms with Crippen molar-refractivity contribution in [2.24, 2.45) is 0 Å². The van der Waals surface area contributed by atoms with Gasteiger partial charge in [0.1, 0.15) is 10.8 Å². The molecule has 0 saturated carbocycles. The quantitative estimate of drug-likeness (QED) is 0.674. The Balaban J connectivity index is 1.44. The molecule has 2 amide bonds. The minimum Gasteiger partial charge on any atom is -0.368 e. The van der Waals surface area contributed by atoms with Crippen LogP contribution in [-0.4, -0.2) is 60.2 Å². The van der Waals surface area contributed by atoms with E-state index in [0.29, 0.717) is 26.2 Å². The number of hydrogen-bond acceptors (Lipinski definition) is 5. The Morgan fingerprint density at radius 1 is 1.10 bits per heavy atom. The molecule has 1 aliphatic heterocycles. The number of carbonyl (C=O) groups excluding carboxylic acids is 2. The van der Waals surface area contributed by atoms with Gasteiger partial charge in [-0.3, -0.25) is 9.59 Å². The molecule has 0 spiro atoms. The molecule has 1 aliphatic rings. The maximum Gasteiger partial charge on any atom is 0.290 e. The molecule has 0 atom stereocenters. The molecule has 1 aromatic heterocycles. The van der Waals surface area contributed by atoms with Crippen molar-refractivity contribution >= 4 is 29.3 Å². The van der Waals surface area contributed by atoms with E-state index in [1.165, 1.54) is 30.5 Å².